The average Bonchev–Trinajstić information content (AvgIpc) is 3.19. The van der Waals surface area contributed by atoms with E-state index in [-0.39, 0.29) is 27.9 Å². The van der Waals surface area contributed by atoms with Crippen LogP contribution in [0.25, 0.3) is 6.08 Å². The van der Waals surface area contributed by atoms with Gasteiger partial charge in [-0.25, -0.2) is 9.79 Å². The molecule has 0 aliphatic carbocycles. The van der Waals surface area contributed by atoms with Crippen molar-refractivity contribution in [2.75, 3.05) is 6.61 Å². The second-order valence-corrected chi connectivity index (χ2v) is 8.02. The molecule has 0 radical (unpaired) electrons. The lowest BCUT2D eigenvalue weighted by Gasteiger charge is -2.13. The maximum absolute atomic E-state index is 12.4. The number of halogens is 1. The Morgan fingerprint density at radius 3 is 2.63 bits per heavy atom. The number of rotatable bonds is 8. The lowest BCUT2D eigenvalue weighted by molar-refractivity contribution is -0.384. The first-order valence-corrected chi connectivity index (χ1v) is 11.1. The predicted octanol–water partition coefficient (Wildman–Crippen LogP) is 5.88. The van der Waals surface area contributed by atoms with Gasteiger partial charge in [0.25, 0.3) is 5.69 Å². The van der Waals surface area contributed by atoms with Crippen LogP contribution in [0.5, 0.6) is 11.5 Å². The van der Waals surface area contributed by atoms with Crippen molar-refractivity contribution in [1.82, 2.24) is 0 Å². The summed E-state index contributed by atoms with van der Waals surface area (Å²) < 4.78 is 17.0. The number of aryl methyl sites for hydroxylation is 1. The highest BCUT2D eigenvalue weighted by molar-refractivity contribution is 6.34. The van der Waals surface area contributed by atoms with E-state index in [2.05, 4.69) is 4.99 Å². The zero-order chi connectivity index (χ0) is 24.9. The van der Waals surface area contributed by atoms with E-state index in [9.17, 15) is 14.9 Å². The molecule has 0 saturated heterocycles. The van der Waals surface area contributed by atoms with Crippen molar-refractivity contribution in [3.63, 3.8) is 0 Å². The average molecular weight is 493 g/mol. The zero-order valence-electron chi connectivity index (χ0n) is 19.0. The van der Waals surface area contributed by atoms with Gasteiger partial charge >= 0.3 is 5.97 Å². The third-order valence-electron chi connectivity index (χ3n) is 5.23. The largest absolute Gasteiger partial charge is 0.490 e. The molecule has 35 heavy (non-hydrogen) atoms. The first kappa shape index (κ1) is 24.0. The molecule has 3 aromatic rings. The number of hydrogen-bond acceptors (Lipinski definition) is 7. The Morgan fingerprint density at radius 1 is 1.09 bits per heavy atom. The van der Waals surface area contributed by atoms with E-state index < -0.39 is 10.9 Å². The Morgan fingerprint density at radius 2 is 1.89 bits per heavy atom. The Balaban J connectivity index is 1.60. The summed E-state index contributed by atoms with van der Waals surface area (Å²) in [5, 5.41) is 11.3. The minimum Gasteiger partial charge on any atom is -0.490 e. The number of nitrogens with zero attached hydrogens (tertiary/aromatic N) is 2. The zero-order valence-corrected chi connectivity index (χ0v) is 19.7. The van der Waals surface area contributed by atoms with Gasteiger partial charge in [-0.15, -0.1) is 0 Å². The quantitative estimate of drug-likeness (QED) is 0.168. The number of aliphatic imine (C=N–C) groups is 1. The second kappa shape index (κ2) is 10.4. The Hall–Kier alpha value is -4.17. The van der Waals surface area contributed by atoms with Gasteiger partial charge in [0, 0.05) is 12.1 Å². The minimum atomic E-state index is -0.694. The first-order chi connectivity index (χ1) is 16.9. The number of esters is 1. The summed E-state index contributed by atoms with van der Waals surface area (Å²) in [4.78, 5) is 27.2. The van der Waals surface area contributed by atoms with Gasteiger partial charge in [0.2, 0.25) is 5.90 Å². The number of nitro groups is 1. The lowest BCUT2D eigenvalue weighted by atomic mass is 10.1. The van der Waals surface area contributed by atoms with Crippen molar-refractivity contribution in [1.29, 1.82) is 0 Å². The minimum absolute atomic E-state index is 0.0265. The second-order valence-electron chi connectivity index (χ2n) is 7.61. The third-order valence-corrected chi connectivity index (χ3v) is 5.56. The summed E-state index contributed by atoms with van der Waals surface area (Å²) in [5.41, 5.74) is 2.83. The molecule has 0 amide bonds. The first-order valence-electron chi connectivity index (χ1n) is 10.8. The number of nitro benzene ring substituents is 1. The van der Waals surface area contributed by atoms with Crippen LogP contribution in [-0.4, -0.2) is 23.4 Å². The number of ether oxygens (including phenoxy) is 3. The summed E-state index contributed by atoms with van der Waals surface area (Å²) in [6, 6.07) is 17.1. The fourth-order valence-electron chi connectivity index (χ4n) is 3.40. The smallest absolute Gasteiger partial charge is 0.363 e. The number of hydrogen-bond donors (Lipinski definition) is 0. The maximum Gasteiger partial charge on any atom is 0.363 e. The van der Waals surface area contributed by atoms with E-state index in [4.69, 9.17) is 25.8 Å². The molecule has 1 aliphatic rings. The summed E-state index contributed by atoms with van der Waals surface area (Å²) in [6.07, 6.45) is 1.54. The summed E-state index contributed by atoms with van der Waals surface area (Å²) in [5.74, 6) is 0.296. The fourth-order valence-corrected chi connectivity index (χ4v) is 3.60. The number of carbonyl (C=O) groups excluding carboxylic acids is 1. The third kappa shape index (κ3) is 5.50. The van der Waals surface area contributed by atoms with Gasteiger partial charge in [0.1, 0.15) is 6.61 Å². The molecule has 0 saturated carbocycles. The highest BCUT2D eigenvalue weighted by Gasteiger charge is 2.27. The van der Waals surface area contributed by atoms with Crippen LogP contribution in [0.3, 0.4) is 0 Å². The van der Waals surface area contributed by atoms with Crippen molar-refractivity contribution >= 4 is 35.2 Å². The van der Waals surface area contributed by atoms with Crippen LogP contribution in [-0.2, 0) is 16.1 Å². The van der Waals surface area contributed by atoms with Crippen LogP contribution in [0.15, 0.2) is 71.4 Å². The van der Waals surface area contributed by atoms with Crippen molar-refractivity contribution in [2.24, 2.45) is 4.99 Å². The molecule has 4 rings (SSSR count). The van der Waals surface area contributed by atoms with Crippen LogP contribution < -0.4 is 9.47 Å². The van der Waals surface area contributed by atoms with E-state index >= 15 is 0 Å². The molecule has 0 atom stereocenters. The number of cyclic esters (lactones) is 1. The van der Waals surface area contributed by atoms with E-state index in [1.165, 1.54) is 24.3 Å². The molecule has 0 fully saturated rings. The summed E-state index contributed by atoms with van der Waals surface area (Å²) >= 11 is 6.15. The molecule has 0 unspecified atom stereocenters. The molecule has 178 valence electrons. The number of benzene rings is 3. The molecule has 8 nitrogen and oxygen atoms in total. The van der Waals surface area contributed by atoms with Gasteiger partial charge in [-0.1, -0.05) is 41.9 Å². The van der Waals surface area contributed by atoms with Crippen molar-refractivity contribution in [3.8, 4) is 11.5 Å². The number of non-ortho nitro benzene ring substituents is 1. The summed E-state index contributed by atoms with van der Waals surface area (Å²) in [7, 11) is 0. The molecule has 0 N–H and O–H groups in total. The Bertz CT molecular complexity index is 1370. The van der Waals surface area contributed by atoms with E-state index in [0.717, 1.165) is 11.1 Å². The molecule has 9 heteroatoms. The van der Waals surface area contributed by atoms with Gasteiger partial charge in [-0.3, -0.25) is 10.1 Å². The van der Waals surface area contributed by atoms with Crippen molar-refractivity contribution in [2.45, 2.75) is 20.5 Å². The topological polar surface area (TPSA) is 100 Å². The maximum atomic E-state index is 12.4. The molecular weight excluding hydrogens is 472 g/mol. The van der Waals surface area contributed by atoms with Gasteiger partial charge in [0.15, 0.2) is 17.2 Å². The van der Waals surface area contributed by atoms with E-state index in [1.807, 2.05) is 38.1 Å². The molecule has 0 bridgehead atoms. The van der Waals surface area contributed by atoms with Gasteiger partial charge in [-0.2, -0.15) is 0 Å². The highest BCUT2D eigenvalue weighted by atomic mass is 35.5. The van der Waals surface area contributed by atoms with E-state index in [0.29, 0.717) is 30.3 Å². The van der Waals surface area contributed by atoms with Crippen LogP contribution in [0.4, 0.5) is 5.69 Å². The van der Waals surface area contributed by atoms with Crippen LogP contribution in [0.2, 0.25) is 5.02 Å². The van der Waals surface area contributed by atoms with Crippen LogP contribution in [0.1, 0.15) is 29.2 Å². The molecule has 0 spiro atoms. The fraction of sp³-hybridized carbons (Fsp3) is 0.154. The standard InChI is InChI=1S/C26H21ClN2O6/c1-3-33-24-13-17(8-11-23(24)34-15-18-7-5-4-6-16(18)2)12-22-26(30)35-25(28-22)20-14-19(29(31)32)9-10-21(20)27/h4-14H,3,15H2,1-2H3/b22-12-. The van der Waals surface area contributed by atoms with E-state index in [1.54, 1.807) is 18.2 Å². The van der Waals surface area contributed by atoms with Crippen LogP contribution >= 0.6 is 11.6 Å². The van der Waals surface area contributed by atoms with Gasteiger partial charge in [0.05, 0.1) is 22.1 Å². The molecular formula is C26H21ClN2O6. The Kier molecular flexibility index (Phi) is 7.12. The molecule has 1 aliphatic heterocycles. The number of carbonyl (C=O) groups is 1. The van der Waals surface area contributed by atoms with Crippen molar-refractivity contribution in [3.05, 3.63) is 104 Å². The molecule has 3 aromatic carbocycles. The Labute approximate surface area is 206 Å². The predicted molar refractivity (Wildman–Crippen MR) is 132 cm³/mol. The van der Waals surface area contributed by atoms with Crippen molar-refractivity contribution < 1.29 is 23.9 Å². The molecule has 1 heterocycles. The summed E-state index contributed by atoms with van der Waals surface area (Å²) in [6.45, 7) is 4.70. The van der Waals surface area contributed by atoms with Gasteiger partial charge in [-0.05, 0) is 54.8 Å². The normalized spacial score (nSPS) is 14.0. The molecule has 0 aromatic heterocycles. The van der Waals surface area contributed by atoms with Gasteiger partial charge < -0.3 is 14.2 Å². The SMILES string of the molecule is CCOc1cc(/C=C2\N=C(c3cc([N+](=O)[O-])ccc3Cl)OC2=O)ccc1OCc1ccccc1C. The highest BCUT2D eigenvalue weighted by Crippen LogP contribution is 2.32. The monoisotopic (exact) mass is 492 g/mol. The van der Waals surface area contributed by atoms with Crippen LogP contribution in [0, 0.1) is 17.0 Å². The lowest BCUT2D eigenvalue weighted by Crippen LogP contribution is -2.06.